The molecule has 2 heterocycles. The Kier molecular flexibility index (Phi) is 3.90. The van der Waals surface area contributed by atoms with Gasteiger partial charge in [0.05, 0.1) is 11.7 Å². The summed E-state index contributed by atoms with van der Waals surface area (Å²) < 4.78 is 0. The normalized spacial score (nSPS) is 12.4. The minimum absolute atomic E-state index is 0.189. The number of aromatic amines is 1. The largest absolute Gasteiger partial charge is 0.347 e. The molecule has 0 aliphatic carbocycles. The first kappa shape index (κ1) is 13.0. The van der Waals surface area contributed by atoms with Crippen molar-refractivity contribution < 1.29 is 0 Å². The lowest BCUT2D eigenvalue weighted by Crippen LogP contribution is -2.19. The van der Waals surface area contributed by atoms with Crippen molar-refractivity contribution in [3.8, 4) is 11.3 Å². The van der Waals surface area contributed by atoms with Gasteiger partial charge in [-0.3, -0.25) is 0 Å². The number of H-pyrrole nitrogens is 1. The summed E-state index contributed by atoms with van der Waals surface area (Å²) in [5.74, 6) is 0.949. The lowest BCUT2D eigenvalue weighted by Gasteiger charge is -2.09. The van der Waals surface area contributed by atoms with Gasteiger partial charge in [0.1, 0.15) is 10.8 Å². The summed E-state index contributed by atoms with van der Waals surface area (Å²) in [6.07, 6.45) is 3.61. The highest BCUT2D eigenvalue weighted by atomic mass is 32.1. The molecule has 0 fully saturated rings. The summed E-state index contributed by atoms with van der Waals surface area (Å²) in [4.78, 5) is 12.0. The minimum atomic E-state index is 0.189. The lowest BCUT2D eigenvalue weighted by molar-refractivity contribution is 0.550. The van der Waals surface area contributed by atoms with Crippen LogP contribution in [0.15, 0.2) is 48.1 Å². The molecule has 0 saturated carbocycles. The molecular weight excluding hydrogens is 268 g/mol. The van der Waals surface area contributed by atoms with Crippen molar-refractivity contribution in [1.29, 1.82) is 0 Å². The van der Waals surface area contributed by atoms with Crippen molar-refractivity contribution in [2.45, 2.75) is 19.5 Å². The zero-order chi connectivity index (χ0) is 13.8. The number of nitrogens with one attached hydrogen (secondary N) is 2. The van der Waals surface area contributed by atoms with Gasteiger partial charge in [-0.15, -0.1) is 11.3 Å². The smallest absolute Gasteiger partial charge is 0.122 e. The zero-order valence-corrected chi connectivity index (χ0v) is 12.0. The molecule has 0 bridgehead atoms. The van der Waals surface area contributed by atoms with Gasteiger partial charge in [0.25, 0.3) is 0 Å². The molecule has 0 aliphatic heterocycles. The molecule has 0 saturated heterocycles. The third-order valence-corrected chi connectivity index (χ3v) is 3.96. The second-order valence-electron chi connectivity index (χ2n) is 4.57. The van der Waals surface area contributed by atoms with E-state index in [9.17, 15) is 0 Å². The fourth-order valence-corrected chi connectivity index (χ4v) is 2.74. The second-order valence-corrected chi connectivity index (χ2v) is 5.51. The molecule has 0 spiro atoms. The molecule has 0 aliphatic rings. The molecule has 0 amide bonds. The first-order valence-corrected chi connectivity index (χ1v) is 7.43. The van der Waals surface area contributed by atoms with Crippen LogP contribution >= 0.6 is 11.3 Å². The SMILES string of the molecule is CC(NCc1nc(-c2ccccc2)cs1)c1ncc[nH]1. The van der Waals surface area contributed by atoms with Gasteiger partial charge in [0.15, 0.2) is 0 Å². The van der Waals surface area contributed by atoms with Crippen LogP contribution in [-0.2, 0) is 6.54 Å². The van der Waals surface area contributed by atoms with Crippen molar-refractivity contribution >= 4 is 11.3 Å². The third kappa shape index (κ3) is 2.95. The molecule has 1 atom stereocenters. The Morgan fingerprint density at radius 2 is 2.15 bits per heavy atom. The highest BCUT2D eigenvalue weighted by molar-refractivity contribution is 7.09. The first-order valence-electron chi connectivity index (χ1n) is 6.55. The van der Waals surface area contributed by atoms with Gasteiger partial charge in [-0.25, -0.2) is 9.97 Å². The van der Waals surface area contributed by atoms with E-state index in [1.165, 1.54) is 0 Å². The summed E-state index contributed by atoms with van der Waals surface area (Å²) in [5.41, 5.74) is 2.20. The highest BCUT2D eigenvalue weighted by Gasteiger charge is 2.09. The Hall–Kier alpha value is -1.98. The van der Waals surface area contributed by atoms with Gasteiger partial charge in [-0.05, 0) is 6.92 Å². The van der Waals surface area contributed by atoms with Crippen molar-refractivity contribution in [2.75, 3.05) is 0 Å². The number of hydrogen-bond acceptors (Lipinski definition) is 4. The van der Waals surface area contributed by atoms with Gasteiger partial charge < -0.3 is 10.3 Å². The van der Waals surface area contributed by atoms with E-state index >= 15 is 0 Å². The molecule has 2 aromatic heterocycles. The molecule has 0 radical (unpaired) electrons. The predicted molar refractivity (Wildman–Crippen MR) is 81.4 cm³/mol. The van der Waals surface area contributed by atoms with Crippen molar-refractivity contribution in [2.24, 2.45) is 0 Å². The first-order chi connectivity index (χ1) is 9.83. The van der Waals surface area contributed by atoms with Crippen LogP contribution < -0.4 is 5.32 Å². The summed E-state index contributed by atoms with van der Waals surface area (Å²) in [5, 5.41) is 6.61. The number of nitrogens with zero attached hydrogens (tertiary/aromatic N) is 2. The maximum Gasteiger partial charge on any atom is 0.122 e. The van der Waals surface area contributed by atoms with Crippen LogP contribution in [0.25, 0.3) is 11.3 Å². The van der Waals surface area contributed by atoms with E-state index in [1.54, 1.807) is 17.5 Å². The fraction of sp³-hybridized carbons (Fsp3) is 0.200. The van der Waals surface area contributed by atoms with Gasteiger partial charge in [-0.2, -0.15) is 0 Å². The van der Waals surface area contributed by atoms with Crippen LogP contribution in [0.5, 0.6) is 0 Å². The number of imidazole rings is 1. The summed E-state index contributed by atoms with van der Waals surface area (Å²) in [6, 6.07) is 10.4. The van der Waals surface area contributed by atoms with E-state index in [0.29, 0.717) is 0 Å². The van der Waals surface area contributed by atoms with Gasteiger partial charge in [-0.1, -0.05) is 30.3 Å². The molecule has 5 heteroatoms. The van der Waals surface area contributed by atoms with E-state index in [4.69, 9.17) is 0 Å². The maximum atomic E-state index is 4.66. The Morgan fingerprint density at radius 1 is 1.30 bits per heavy atom. The van der Waals surface area contributed by atoms with Crippen LogP contribution in [0.4, 0.5) is 0 Å². The Balaban J connectivity index is 1.63. The summed E-state index contributed by atoms with van der Waals surface area (Å²) in [6.45, 7) is 2.84. The van der Waals surface area contributed by atoms with E-state index in [2.05, 4.69) is 44.7 Å². The molecule has 3 aromatic rings. The van der Waals surface area contributed by atoms with E-state index < -0.39 is 0 Å². The highest BCUT2D eigenvalue weighted by Crippen LogP contribution is 2.21. The average Bonchev–Trinajstić information content (AvgIpc) is 3.17. The van der Waals surface area contributed by atoms with Crippen molar-refractivity contribution in [1.82, 2.24) is 20.3 Å². The molecule has 2 N–H and O–H groups in total. The molecule has 4 nitrogen and oxygen atoms in total. The Bertz CT molecular complexity index is 646. The molecule has 1 unspecified atom stereocenters. The lowest BCUT2D eigenvalue weighted by atomic mass is 10.2. The number of rotatable bonds is 5. The molecule has 1 aromatic carbocycles. The second kappa shape index (κ2) is 5.98. The average molecular weight is 284 g/mol. The van der Waals surface area contributed by atoms with Crippen LogP contribution in [-0.4, -0.2) is 15.0 Å². The molecule has 102 valence electrons. The topological polar surface area (TPSA) is 53.6 Å². The van der Waals surface area contributed by atoms with E-state index in [0.717, 1.165) is 28.6 Å². The van der Waals surface area contributed by atoms with Crippen LogP contribution in [0.1, 0.15) is 23.8 Å². The summed E-state index contributed by atoms with van der Waals surface area (Å²) in [7, 11) is 0. The van der Waals surface area contributed by atoms with E-state index in [1.807, 2.05) is 24.4 Å². The number of hydrogen-bond donors (Lipinski definition) is 2. The Labute approximate surface area is 121 Å². The number of thiazole rings is 1. The van der Waals surface area contributed by atoms with Crippen LogP contribution in [0, 0.1) is 0 Å². The van der Waals surface area contributed by atoms with Gasteiger partial charge in [0.2, 0.25) is 0 Å². The Morgan fingerprint density at radius 3 is 2.90 bits per heavy atom. The zero-order valence-electron chi connectivity index (χ0n) is 11.2. The van der Waals surface area contributed by atoms with Crippen molar-refractivity contribution in [3.05, 3.63) is 58.9 Å². The predicted octanol–water partition coefficient (Wildman–Crippen LogP) is 3.38. The van der Waals surface area contributed by atoms with Crippen LogP contribution in [0.2, 0.25) is 0 Å². The molecule has 3 rings (SSSR count). The molecule has 20 heavy (non-hydrogen) atoms. The standard InChI is InChI=1S/C15H16N4S/c1-11(15-16-7-8-17-15)18-9-14-19-13(10-20-14)12-5-3-2-4-6-12/h2-8,10-11,18H,9H2,1H3,(H,16,17). The van der Waals surface area contributed by atoms with Gasteiger partial charge >= 0.3 is 0 Å². The summed E-state index contributed by atoms with van der Waals surface area (Å²) >= 11 is 1.68. The quantitative estimate of drug-likeness (QED) is 0.755. The monoisotopic (exact) mass is 284 g/mol. The minimum Gasteiger partial charge on any atom is -0.347 e. The fourth-order valence-electron chi connectivity index (χ4n) is 1.98. The number of benzene rings is 1. The maximum absolute atomic E-state index is 4.66. The van der Waals surface area contributed by atoms with Gasteiger partial charge in [0, 0.05) is 29.9 Å². The van der Waals surface area contributed by atoms with Crippen molar-refractivity contribution in [3.63, 3.8) is 0 Å². The number of aromatic nitrogens is 3. The van der Waals surface area contributed by atoms with Crippen LogP contribution in [0.3, 0.4) is 0 Å². The van der Waals surface area contributed by atoms with E-state index in [-0.39, 0.29) is 6.04 Å². The molecular formula is C15H16N4S. The third-order valence-electron chi connectivity index (χ3n) is 3.11.